The normalized spacial score (nSPS) is 18.7. The Labute approximate surface area is 462 Å². The van der Waals surface area contributed by atoms with Gasteiger partial charge in [-0.15, -0.1) is 0 Å². The number of rotatable bonds is 6. The average Bonchev–Trinajstić information content (AvgIpc) is 4.07. The highest BCUT2D eigenvalue weighted by Crippen LogP contribution is 2.63. The van der Waals surface area contributed by atoms with E-state index in [2.05, 4.69) is 282 Å². The molecule has 2 atom stereocenters. The molecule has 12 rings (SSSR count). The third-order valence-corrected chi connectivity index (χ3v) is 18.7. The molecule has 0 radical (unpaired) electrons. The van der Waals surface area contributed by atoms with Gasteiger partial charge in [-0.25, -0.2) is 0 Å². The molecule has 3 aliphatic heterocycles. The van der Waals surface area contributed by atoms with Crippen LogP contribution in [0.5, 0.6) is 0 Å². The van der Waals surface area contributed by atoms with Crippen LogP contribution in [0.2, 0.25) is 0 Å². The van der Waals surface area contributed by atoms with Crippen LogP contribution >= 0.6 is 0 Å². The second-order valence-corrected chi connectivity index (χ2v) is 27.7. The van der Waals surface area contributed by atoms with Gasteiger partial charge in [0, 0.05) is 50.7 Å². The summed E-state index contributed by atoms with van der Waals surface area (Å²) in [6, 6.07) is 64.7. The van der Waals surface area contributed by atoms with Gasteiger partial charge in [-0.3, -0.25) is 0 Å². The molecule has 1 fully saturated rings. The molecule has 8 aromatic rings. The van der Waals surface area contributed by atoms with Crippen LogP contribution in [0.25, 0.3) is 22.3 Å². The van der Waals surface area contributed by atoms with E-state index in [0.717, 1.165) is 12.8 Å². The first-order chi connectivity index (χ1) is 36.4. The lowest BCUT2D eigenvalue weighted by Gasteiger charge is -2.47. The fourth-order valence-electron chi connectivity index (χ4n) is 13.9. The molecule has 0 spiro atoms. The van der Waals surface area contributed by atoms with Crippen molar-refractivity contribution in [1.82, 2.24) is 0 Å². The Balaban J connectivity index is 1.26. The number of aryl methyl sites for hydroxylation is 1. The second kappa shape index (κ2) is 17.6. The molecule has 0 saturated heterocycles. The van der Waals surface area contributed by atoms with E-state index >= 15 is 0 Å². The van der Waals surface area contributed by atoms with Crippen molar-refractivity contribution in [3.05, 3.63) is 197 Å². The third kappa shape index (κ3) is 8.04. The Kier molecular flexibility index (Phi) is 11.7. The monoisotopic (exact) mass is 1010 g/mol. The van der Waals surface area contributed by atoms with Gasteiger partial charge in [0.15, 0.2) is 0 Å². The highest BCUT2D eigenvalue weighted by Gasteiger charge is 2.60. The van der Waals surface area contributed by atoms with Crippen molar-refractivity contribution >= 4 is 68.6 Å². The van der Waals surface area contributed by atoms with Crippen molar-refractivity contribution in [3.8, 4) is 22.3 Å². The Morgan fingerprint density at radius 2 is 0.896 bits per heavy atom. The molecule has 0 bridgehead atoms. The molecule has 2 unspecified atom stereocenters. The summed E-state index contributed by atoms with van der Waals surface area (Å²) in [6.45, 7) is 35.7. The molecule has 3 heterocycles. The zero-order chi connectivity index (χ0) is 54.4. The van der Waals surface area contributed by atoms with E-state index in [9.17, 15) is 0 Å². The predicted molar refractivity (Wildman–Crippen MR) is 334 cm³/mol. The summed E-state index contributed by atoms with van der Waals surface area (Å²) in [5.41, 5.74) is 26.7. The highest BCUT2D eigenvalue weighted by atomic mass is 15.3. The van der Waals surface area contributed by atoms with Crippen LogP contribution in [0.1, 0.15) is 156 Å². The van der Waals surface area contributed by atoms with E-state index in [4.69, 9.17) is 0 Å². The van der Waals surface area contributed by atoms with Crippen LogP contribution in [0.3, 0.4) is 0 Å². The molecule has 3 nitrogen and oxygen atoms in total. The molecule has 0 aromatic heterocycles. The zero-order valence-corrected chi connectivity index (χ0v) is 48.8. The second-order valence-electron chi connectivity index (χ2n) is 27.7. The van der Waals surface area contributed by atoms with Gasteiger partial charge in [0.25, 0.3) is 6.71 Å². The topological polar surface area (TPSA) is 9.72 Å². The summed E-state index contributed by atoms with van der Waals surface area (Å²) in [7, 11) is 0. The van der Waals surface area contributed by atoms with E-state index in [1.165, 1.54) is 130 Å². The van der Waals surface area contributed by atoms with Crippen molar-refractivity contribution in [3.63, 3.8) is 0 Å². The quantitative estimate of drug-likeness (QED) is 0.154. The maximum Gasteiger partial charge on any atom is 0.252 e. The standard InChI is InChI=1S/C73H80BN3/c1-16-47-28-34-62-57(40-47)72(14)38-23-39-73(72,15)77(62)54-45-65-67-66(46-54)76(61-36-31-51(69(5,6)7)42-56(61)49-26-21-18-22-27-49)64-44-53(71(11,12)13)29-33-58(64)74(67)59-43-52(70(8,9)10)32-37-63(59)75(65)60-35-30-50(68(2,3)4)41-55(60)48-24-19-17-20-25-48/h17-22,24-37,40-46H,16,23,38-39H2,1-15H3. The summed E-state index contributed by atoms with van der Waals surface area (Å²) in [6.07, 6.45) is 4.52. The minimum atomic E-state index is -0.148. The van der Waals surface area contributed by atoms with Crippen LogP contribution in [0.15, 0.2) is 164 Å². The lowest BCUT2D eigenvalue weighted by atomic mass is 9.33. The maximum atomic E-state index is 2.82. The van der Waals surface area contributed by atoms with Crippen LogP contribution in [-0.2, 0) is 33.5 Å². The summed E-state index contributed by atoms with van der Waals surface area (Å²) in [5, 5.41) is 0. The van der Waals surface area contributed by atoms with Gasteiger partial charge in [-0.1, -0.05) is 213 Å². The average molecular weight is 1010 g/mol. The van der Waals surface area contributed by atoms with E-state index in [-0.39, 0.29) is 39.3 Å². The number of anilines is 8. The molecule has 1 aliphatic carbocycles. The van der Waals surface area contributed by atoms with Gasteiger partial charge in [0.1, 0.15) is 0 Å². The molecule has 0 amide bonds. The van der Waals surface area contributed by atoms with Crippen LogP contribution in [-0.4, -0.2) is 12.3 Å². The number of fused-ring (bicyclic) bond motifs is 7. The molecule has 4 aliphatic rings. The molecule has 1 saturated carbocycles. The molecular weight excluding hydrogens is 930 g/mol. The Hall–Kier alpha value is -6.78. The first kappa shape index (κ1) is 51.0. The van der Waals surface area contributed by atoms with Gasteiger partial charge < -0.3 is 14.7 Å². The Morgan fingerprint density at radius 1 is 0.429 bits per heavy atom. The van der Waals surface area contributed by atoms with E-state index in [1.54, 1.807) is 0 Å². The van der Waals surface area contributed by atoms with Gasteiger partial charge >= 0.3 is 0 Å². The first-order valence-electron chi connectivity index (χ1n) is 28.8. The van der Waals surface area contributed by atoms with Crippen molar-refractivity contribution < 1.29 is 0 Å². The zero-order valence-electron chi connectivity index (χ0n) is 48.8. The summed E-state index contributed by atoms with van der Waals surface area (Å²) in [4.78, 5) is 8.22. The van der Waals surface area contributed by atoms with Crippen LogP contribution < -0.4 is 31.1 Å². The summed E-state index contributed by atoms with van der Waals surface area (Å²) < 4.78 is 0. The largest absolute Gasteiger partial charge is 0.334 e. The molecule has 0 N–H and O–H groups in total. The van der Waals surface area contributed by atoms with E-state index in [1.807, 2.05) is 0 Å². The third-order valence-electron chi connectivity index (χ3n) is 18.7. The number of hydrogen-bond donors (Lipinski definition) is 0. The number of hydrogen-bond acceptors (Lipinski definition) is 3. The van der Waals surface area contributed by atoms with Crippen molar-refractivity contribution in [2.45, 2.75) is 162 Å². The van der Waals surface area contributed by atoms with Crippen molar-refractivity contribution in [1.29, 1.82) is 0 Å². The summed E-state index contributed by atoms with van der Waals surface area (Å²) in [5.74, 6) is 0. The van der Waals surface area contributed by atoms with E-state index in [0.29, 0.717) is 0 Å². The molecule has 8 aromatic carbocycles. The van der Waals surface area contributed by atoms with Gasteiger partial charge in [0.05, 0.1) is 16.9 Å². The number of nitrogens with zero attached hydrogens (tertiary/aromatic N) is 3. The Bertz CT molecular complexity index is 3640. The van der Waals surface area contributed by atoms with Crippen molar-refractivity contribution in [2.75, 3.05) is 14.7 Å². The predicted octanol–water partition coefficient (Wildman–Crippen LogP) is 18.2. The van der Waals surface area contributed by atoms with Gasteiger partial charge in [-0.2, -0.15) is 0 Å². The van der Waals surface area contributed by atoms with E-state index < -0.39 is 0 Å². The fraction of sp³-hybridized carbons (Fsp3) is 0.342. The lowest BCUT2D eigenvalue weighted by Crippen LogP contribution is -2.61. The van der Waals surface area contributed by atoms with Crippen molar-refractivity contribution in [2.24, 2.45) is 0 Å². The number of benzene rings is 8. The maximum absolute atomic E-state index is 2.82. The lowest BCUT2D eigenvalue weighted by molar-refractivity contribution is 0.330. The SMILES string of the molecule is CCc1ccc2c(c1)C1(C)CCCC1(C)N2c1cc2c3c(c1)N(c1ccc(C(C)(C)C)cc1-c1ccccc1)c1cc(C(C)(C)C)ccc1B3c1cc(C(C)(C)C)ccc1N2c1ccc(C(C)(C)C)cc1-c1ccccc1. The molecule has 77 heavy (non-hydrogen) atoms. The Morgan fingerprint density at radius 3 is 1.42 bits per heavy atom. The molecular formula is C73H80BN3. The van der Waals surface area contributed by atoms with Crippen LogP contribution in [0.4, 0.5) is 45.5 Å². The highest BCUT2D eigenvalue weighted by molar-refractivity contribution is 7.00. The molecule has 390 valence electrons. The first-order valence-corrected chi connectivity index (χ1v) is 28.8. The van der Waals surface area contributed by atoms with Gasteiger partial charge in [-0.05, 0) is 163 Å². The minimum Gasteiger partial charge on any atom is -0.334 e. The van der Waals surface area contributed by atoms with Gasteiger partial charge in [0.2, 0.25) is 0 Å². The molecule has 4 heteroatoms. The summed E-state index contributed by atoms with van der Waals surface area (Å²) >= 11 is 0. The fourth-order valence-corrected chi connectivity index (χ4v) is 13.9. The smallest absolute Gasteiger partial charge is 0.252 e. The minimum absolute atomic E-state index is 0.0146. The van der Waals surface area contributed by atoms with Crippen LogP contribution in [0, 0.1) is 0 Å².